The molecule has 0 aliphatic carbocycles. The standard InChI is InChI=1S/C16H28N4O2/c1-15-16(2)19-9-7-17(15)5-4-6-18(15)8-10-20(16)12-13(11-19)14(21)22-3/h13H,4-12H2,1-3H3/t13?,15-,16+. The van der Waals surface area contributed by atoms with Crippen molar-refractivity contribution >= 4 is 5.97 Å². The van der Waals surface area contributed by atoms with Crippen molar-refractivity contribution in [1.29, 1.82) is 0 Å². The summed E-state index contributed by atoms with van der Waals surface area (Å²) in [4.78, 5) is 22.5. The van der Waals surface area contributed by atoms with Gasteiger partial charge in [0.25, 0.3) is 0 Å². The smallest absolute Gasteiger partial charge is 0.311 e. The third-order valence-electron chi connectivity index (χ3n) is 6.91. The first-order valence-electron chi connectivity index (χ1n) is 8.60. The zero-order valence-electron chi connectivity index (χ0n) is 14.0. The highest BCUT2D eigenvalue weighted by molar-refractivity contribution is 5.73. The van der Waals surface area contributed by atoms with Crippen LogP contribution in [-0.2, 0) is 9.53 Å². The Bertz CT molecular complexity index is 457. The van der Waals surface area contributed by atoms with E-state index in [0.717, 1.165) is 39.3 Å². The molecule has 0 bridgehead atoms. The Morgan fingerprint density at radius 3 is 1.82 bits per heavy atom. The van der Waals surface area contributed by atoms with Crippen LogP contribution in [0.5, 0.6) is 0 Å². The molecule has 0 spiro atoms. The number of carbonyl (C=O) groups excluding carboxylic acids is 1. The summed E-state index contributed by atoms with van der Waals surface area (Å²) in [5.41, 5.74) is 0.0529. The number of methoxy groups -OCH3 is 1. The van der Waals surface area contributed by atoms with Gasteiger partial charge in [-0.3, -0.25) is 24.4 Å². The van der Waals surface area contributed by atoms with Crippen LogP contribution in [0.3, 0.4) is 0 Å². The Hall–Kier alpha value is -0.690. The third-order valence-corrected chi connectivity index (χ3v) is 6.91. The molecule has 0 unspecified atom stereocenters. The summed E-state index contributed by atoms with van der Waals surface area (Å²) in [6.45, 7) is 13.2. The molecular formula is C16H28N4O2. The van der Waals surface area contributed by atoms with Gasteiger partial charge < -0.3 is 4.74 Å². The molecule has 0 N–H and O–H groups in total. The number of hydrogen-bond donors (Lipinski definition) is 0. The molecule has 6 nitrogen and oxygen atoms in total. The monoisotopic (exact) mass is 308 g/mol. The highest BCUT2D eigenvalue weighted by atomic mass is 16.5. The van der Waals surface area contributed by atoms with Crippen molar-refractivity contribution in [3.8, 4) is 0 Å². The van der Waals surface area contributed by atoms with E-state index in [1.807, 2.05) is 0 Å². The van der Waals surface area contributed by atoms with Gasteiger partial charge in [-0.25, -0.2) is 0 Å². The van der Waals surface area contributed by atoms with Gasteiger partial charge in [0.2, 0.25) is 0 Å². The Labute approximate surface area is 133 Å². The lowest BCUT2D eigenvalue weighted by Gasteiger charge is -2.73. The number of rotatable bonds is 1. The molecule has 0 amide bonds. The van der Waals surface area contributed by atoms with Crippen molar-refractivity contribution in [2.24, 2.45) is 5.92 Å². The summed E-state index contributed by atoms with van der Waals surface area (Å²) in [6.07, 6.45) is 1.27. The maximum atomic E-state index is 12.1. The predicted molar refractivity (Wildman–Crippen MR) is 83.2 cm³/mol. The molecule has 4 saturated heterocycles. The second kappa shape index (κ2) is 4.90. The van der Waals surface area contributed by atoms with E-state index in [2.05, 4.69) is 33.4 Å². The van der Waals surface area contributed by atoms with E-state index in [1.165, 1.54) is 26.6 Å². The first kappa shape index (κ1) is 14.9. The summed E-state index contributed by atoms with van der Waals surface area (Å²) in [5.74, 6) is -0.0657. The molecule has 0 saturated carbocycles. The van der Waals surface area contributed by atoms with Crippen LogP contribution in [0.1, 0.15) is 20.3 Å². The first-order chi connectivity index (χ1) is 10.5. The van der Waals surface area contributed by atoms with Gasteiger partial charge in [-0.2, -0.15) is 0 Å². The van der Waals surface area contributed by atoms with Gasteiger partial charge in [-0.05, 0) is 20.3 Å². The average Bonchev–Trinajstić information content (AvgIpc) is 2.52. The Kier molecular flexibility index (Phi) is 3.31. The van der Waals surface area contributed by atoms with Gasteiger partial charge in [0.1, 0.15) is 11.3 Å². The van der Waals surface area contributed by atoms with E-state index in [-0.39, 0.29) is 23.2 Å². The second-order valence-electron chi connectivity index (χ2n) is 7.48. The average molecular weight is 308 g/mol. The fraction of sp³-hybridized carbons (Fsp3) is 0.938. The zero-order chi connectivity index (χ0) is 15.5. The lowest BCUT2D eigenvalue weighted by atomic mass is 9.78. The van der Waals surface area contributed by atoms with E-state index < -0.39 is 0 Å². The molecule has 0 aromatic rings. The fourth-order valence-electron chi connectivity index (χ4n) is 5.51. The van der Waals surface area contributed by atoms with E-state index in [4.69, 9.17) is 4.74 Å². The maximum Gasteiger partial charge on any atom is 0.311 e. The molecule has 4 heterocycles. The van der Waals surface area contributed by atoms with Crippen molar-refractivity contribution in [3.63, 3.8) is 0 Å². The highest BCUT2D eigenvalue weighted by Gasteiger charge is 2.65. The van der Waals surface area contributed by atoms with Crippen LogP contribution in [0.15, 0.2) is 0 Å². The van der Waals surface area contributed by atoms with Gasteiger partial charge in [0.05, 0.1) is 13.0 Å². The molecule has 0 radical (unpaired) electrons. The molecule has 124 valence electrons. The third kappa shape index (κ3) is 1.67. The van der Waals surface area contributed by atoms with Gasteiger partial charge in [0.15, 0.2) is 0 Å². The number of esters is 1. The summed E-state index contributed by atoms with van der Waals surface area (Å²) in [6, 6.07) is 0. The SMILES string of the molecule is COC(=O)C1CN2CCN3CCCN4CCN(C1)[C@]2(C)[C@]43C. The second-order valence-corrected chi connectivity index (χ2v) is 7.48. The number of ether oxygens (including phenoxy) is 1. The summed E-state index contributed by atoms with van der Waals surface area (Å²) in [5, 5.41) is 0. The van der Waals surface area contributed by atoms with E-state index in [9.17, 15) is 4.79 Å². The lowest BCUT2D eigenvalue weighted by Crippen LogP contribution is -2.89. The molecule has 6 heteroatoms. The van der Waals surface area contributed by atoms with Gasteiger partial charge in [-0.15, -0.1) is 0 Å². The summed E-state index contributed by atoms with van der Waals surface area (Å²) < 4.78 is 5.03. The van der Waals surface area contributed by atoms with Crippen LogP contribution >= 0.6 is 0 Å². The minimum absolute atomic E-state index is 0.00551. The van der Waals surface area contributed by atoms with Crippen molar-refractivity contribution in [2.45, 2.75) is 31.6 Å². The van der Waals surface area contributed by atoms with Crippen molar-refractivity contribution in [3.05, 3.63) is 0 Å². The van der Waals surface area contributed by atoms with Crippen LogP contribution in [0.25, 0.3) is 0 Å². The molecule has 4 rings (SSSR count). The van der Waals surface area contributed by atoms with Crippen molar-refractivity contribution in [1.82, 2.24) is 19.6 Å². The van der Waals surface area contributed by atoms with Gasteiger partial charge >= 0.3 is 5.97 Å². The molecule has 4 fully saturated rings. The summed E-state index contributed by atoms with van der Waals surface area (Å²) >= 11 is 0. The Morgan fingerprint density at radius 2 is 1.32 bits per heavy atom. The molecule has 0 aromatic carbocycles. The largest absolute Gasteiger partial charge is 0.469 e. The van der Waals surface area contributed by atoms with Crippen LogP contribution in [0, 0.1) is 5.92 Å². The number of hydrogen-bond acceptors (Lipinski definition) is 6. The maximum absolute atomic E-state index is 12.1. The van der Waals surface area contributed by atoms with Crippen LogP contribution in [-0.4, -0.2) is 96.4 Å². The minimum atomic E-state index is -0.0549. The lowest BCUT2D eigenvalue weighted by molar-refractivity contribution is -0.291. The van der Waals surface area contributed by atoms with E-state index >= 15 is 0 Å². The van der Waals surface area contributed by atoms with Crippen molar-refractivity contribution < 1.29 is 9.53 Å². The van der Waals surface area contributed by atoms with Crippen molar-refractivity contribution in [2.75, 3.05) is 59.5 Å². The van der Waals surface area contributed by atoms with Crippen LogP contribution in [0.4, 0.5) is 0 Å². The Balaban J connectivity index is 1.72. The van der Waals surface area contributed by atoms with Crippen LogP contribution < -0.4 is 0 Å². The normalized spacial score (nSPS) is 43.7. The predicted octanol–water partition coefficient (Wildman–Crippen LogP) is -0.139. The molecular weight excluding hydrogens is 280 g/mol. The molecule has 4 aliphatic rings. The Morgan fingerprint density at radius 1 is 0.864 bits per heavy atom. The number of nitrogens with zero attached hydrogens (tertiary/aromatic N) is 4. The zero-order valence-corrected chi connectivity index (χ0v) is 14.0. The minimum Gasteiger partial charge on any atom is -0.469 e. The van der Waals surface area contributed by atoms with Gasteiger partial charge in [-0.1, -0.05) is 0 Å². The number of piperazine rings is 2. The molecule has 22 heavy (non-hydrogen) atoms. The van der Waals surface area contributed by atoms with Gasteiger partial charge in [0, 0.05) is 52.4 Å². The summed E-state index contributed by atoms with van der Waals surface area (Å²) in [7, 11) is 1.51. The highest BCUT2D eigenvalue weighted by Crippen LogP contribution is 2.48. The molecule has 0 atom stereocenters. The quantitative estimate of drug-likeness (QED) is 0.628. The van der Waals surface area contributed by atoms with E-state index in [1.54, 1.807) is 0 Å². The topological polar surface area (TPSA) is 39.3 Å². The fourth-order valence-corrected chi connectivity index (χ4v) is 5.51. The first-order valence-corrected chi connectivity index (χ1v) is 8.60. The molecule has 0 aromatic heterocycles. The van der Waals surface area contributed by atoms with E-state index in [0.29, 0.717) is 0 Å². The number of carbonyl (C=O) groups is 1. The van der Waals surface area contributed by atoms with Crippen LogP contribution in [0.2, 0.25) is 0 Å². The molecule has 4 aliphatic heterocycles.